The van der Waals surface area contributed by atoms with E-state index in [1.807, 2.05) is 4.90 Å². The smallest absolute Gasteiger partial charge is 0.419 e. The minimum atomic E-state index is -4.60. The lowest BCUT2D eigenvalue weighted by Gasteiger charge is -2.30. The maximum atomic E-state index is 13.8. The zero-order valence-corrected chi connectivity index (χ0v) is 24.8. The molecule has 2 aliphatic heterocycles. The number of carboxylic acid groups (broad SMARTS) is 1. The van der Waals surface area contributed by atoms with Crippen LogP contribution in [0.5, 0.6) is 5.75 Å². The number of ether oxygens (including phenoxy) is 1. The molecule has 0 saturated carbocycles. The molecular formula is C29H35F3N6O4S. The van der Waals surface area contributed by atoms with Gasteiger partial charge in [0.2, 0.25) is 0 Å². The Morgan fingerprint density at radius 3 is 2.56 bits per heavy atom. The number of nitrogens with zero attached hydrogens (tertiary/aromatic N) is 5. The van der Waals surface area contributed by atoms with Gasteiger partial charge in [-0.2, -0.15) is 13.2 Å². The Labute approximate surface area is 251 Å². The number of aliphatic hydroxyl groups excluding tert-OH is 1. The van der Waals surface area contributed by atoms with Crippen LogP contribution in [0.4, 0.5) is 24.1 Å². The molecule has 0 amide bonds. The number of aliphatic carboxylic acids is 1. The van der Waals surface area contributed by atoms with Gasteiger partial charge in [-0.25, -0.2) is 9.97 Å². The lowest BCUT2D eigenvalue weighted by Crippen LogP contribution is -2.36. The number of hydrogen-bond donors (Lipinski definition) is 3. The van der Waals surface area contributed by atoms with Crippen LogP contribution in [-0.2, 0) is 17.4 Å². The van der Waals surface area contributed by atoms with Crippen LogP contribution in [0.1, 0.15) is 55.0 Å². The maximum absolute atomic E-state index is 13.8. The van der Waals surface area contributed by atoms with Crippen molar-refractivity contribution in [3.05, 3.63) is 46.7 Å². The highest BCUT2D eigenvalue weighted by atomic mass is 32.1. The molecule has 4 heterocycles. The van der Waals surface area contributed by atoms with E-state index in [9.17, 15) is 28.2 Å². The van der Waals surface area contributed by atoms with Crippen LogP contribution in [0.25, 0.3) is 11.3 Å². The fourth-order valence-electron chi connectivity index (χ4n) is 5.64. The van der Waals surface area contributed by atoms with Gasteiger partial charge in [0.25, 0.3) is 0 Å². The number of aromatic nitrogens is 3. The van der Waals surface area contributed by atoms with Gasteiger partial charge >= 0.3 is 12.1 Å². The van der Waals surface area contributed by atoms with Gasteiger partial charge in [-0.1, -0.05) is 0 Å². The molecule has 0 radical (unpaired) electrons. The number of carboxylic acids is 1. The number of likely N-dealkylation sites (tertiary alicyclic amines) is 1. The first kappa shape index (κ1) is 31.0. The average molecular weight is 621 g/mol. The van der Waals surface area contributed by atoms with Crippen molar-refractivity contribution in [2.45, 2.75) is 57.5 Å². The Hall–Kier alpha value is -3.49. The number of methoxy groups -OCH3 is 1. The number of thiazole rings is 1. The third kappa shape index (κ3) is 7.19. The SMILES string of the molecule is COc1ccc(-c2nc(NC(O)c3cnc(N4CCC(C(=O)O)CC4)cn3)sc2CCN2CCCC2C)cc1C(F)(F)F. The summed E-state index contributed by atoms with van der Waals surface area (Å²) in [4.78, 5) is 29.7. The standard InChI is InChI=1S/C29H35F3N6O4S/c1-17-4-3-10-37(17)13-9-23-25(19-5-6-22(42-2)20(14-19)29(30,31)32)35-28(43-23)36-26(39)21-15-34-24(16-33-21)38-11-7-18(8-12-38)27(40)41/h5-6,14-18,26,39H,3-4,7-13H2,1-2H3,(H,35,36)(H,40,41). The molecule has 14 heteroatoms. The highest BCUT2D eigenvalue weighted by Crippen LogP contribution is 2.41. The molecule has 3 aromatic rings. The Morgan fingerprint density at radius 2 is 1.95 bits per heavy atom. The van der Waals surface area contributed by atoms with Crippen molar-refractivity contribution in [1.82, 2.24) is 19.9 Å². The van der Waals surface area contributed by atoms with Gasteiger partial charge in [0, 0.05) is 36.1 Å². The molecule has 5 rings (SSSR count). The summed E-state index contributed by atoms with van der Waals surface area (Å²) in [5, 5.41) is 23.4. The normalized spacial score (nSPS) is 19.0. The summed E-state index contributed by atoms with van der Waals surface area (Å²) in [6, 6.07) is 4.36. The molecule has 2 saturated heterocycles. The molecule has 0 bridgehead atoms. The summed E-state index contributed by atoms with van der Waals surface area (Å²) < 4.78 is 46.4. The minimum Gasteiger partial charge on any atom is -0.496 e. The first-order valence-electron chi connectivity index (χ1n) is 14.3. The second-order valence-corrected chi connectivity index (χ2v) is 12.0. The van der Waals surface area contributed by atoms with Crippen LogP contribution in [-0.4, -0.2) is 75.4 Å². The summed E-state index contributed by atoms with van der Waals surface area (Å²) in [7, 11) is 1.20. The van der Waals surface area contributed by atoms with Crippen molar-refractivity contribution >= 4 is 28.3 Å². The Balaban J connectivity index is 1.35. The molecule has 10 nitrogen and oxygen atoms in total. The van der Waals surface area contributed by atoms with Crippen LogP contribution in [0.3, 0.4) is 0 Å². The molecule has 0 aliphatic carbocycles. The zero-order valence-electron chi connectivity index (χ0n) is 24.0. The third-order valence-electron chi connectivity index (χ3n) is 8.16. The summed E-state index contributed by atoms with van der Waals surface area (Å²) >= 11 is 1.29. The Bertz CT molecular complexity index is 1410. The fraction of sp³-hybridized carbons (Fsp3) is 0.517. The van der Waals surface area contributed by atoms with Crippen molar-refractivity contribution in [2.75, 3.05) is 43.5 Å². The van der Waals surface area contributed by atoms with Crippen molar-refractivity contribution in [3.8, 4) is 17.0 Å². The van der Waals surface area contributed by atoms with E-state index in [1.54, 1.807) is 6.07 Å². The predicted octanol–water partition coefficient (Wildman–Crippen LogP) is 5.06. The molecule has 2 fully saturated rings. The van der Waals surface area contributed by atoms with Crippen molar-refractivity contribution < 1.29 is 32.9 Å². The van der Waals surface area contributed by atoms with Crippen LogP contribution >= 0.6 is 11.3 Å². The molecule has 0 spiro atoms. The number of anilines is 2. The lowest BCUT2D eigenvalue weighted by atomic mass is 9.97. The lowest BCUT2D eigenvalue weighted by molar-refractivity contribution is -0.142. The fourth-order valence-corrected chi connectivity index (χ4v) is 6.63. The monoisotopic (exact) mass is 620 g/mol. The molecule has 2 aromatic heterocycles. The van der Waals surface area contributed by atoms with Gasteiger partial charge in [-0.05, 0) is 63.8 Å². The molecule has 232 valence electrons. The maximum Gasteiger partial charge on any atom is 0.419 e. The van der Waals surface area contributed by atoms with E-state index in [4.69, 9.17) is 4.74 Å². The Morgan fingerprint density at radius 1 is 1.19 bits per heavy atom. The number of halogens is 3. The van der Waals surface area contributed by atoms with Gasteiger partial charge in [0.15, 0.2) is 11.4 Å². The summed E-state index contributed by atoms with van der Waals surface area (Å²) in [5.74, 6) is -0.822. The summed E-state index contributed by atoms with van der Waals surface area (Å²) in [6.07, 6.45) is 0.983. The van der Waals surface area contributed by atoms with E-state index in [2.05, 4.69) is 32.1 Å². The van der Waals surface area contributed by atoms with Crippen LogP contribution in [0.2, 0.25) is 0 Å². The van der Waals surface area contributed by atoms with E-state index >= 15 is 0 Å². The molecule has 43 heavy (non-hydrogen) atoms. The first-order valence-corrected chi connectivity index (χ1v) is 15.1. The Kier molecular flexibility index (Phi) is 9.37. The van der Waals surface area contributed by atoms with E-state index < -0.39 is 23.9 Å². The van der Waals surface area contributed by atoms with Crippen molar-refractivity contribution in [3.63, 3.8) is 0 Å². The van der Waals surface area contributed by atoms with E-state index in [0.29, 0.717) is 60.6 Å². The van der Waals surface area contributed by atoms with Gasteiger partial charge < -0.3 is 30.1 Å². The predicted molar refractivity (Wildman–Crippen MR) is 156 cm³/mol. The number of carbonyl (C=O) groups is 1. The van der Waals surface area contributed by atoms with Crippen LogP contribution < -0.4 is 15.0 Å². The van der Waals surface area contributed by atoms with Gasteiger partial charge in [0.1, 0.15) is 17.3 Å². The van der Waals surface area contributed by atoms with Gasteiger partial charge in [-0.15, -0.1) is 11.3 Å². The van der Waals surface area contributed by atoms with E-state index in [1.165, 1.54) is 36.9 Å². The molecule has 2 atom stereocenters. The summed E-state index contributed by atoms with van der Waals surface area (Å²) in [5.41, 5.74) is 0.104. The molecule has 1 aromatic carbocycles. The molecule has 3 N–H and O–H groups in total. The highest BCUT2D eigenvalue weighted by molar-refractivity contribution is 7.16. The topological polar surface area (TPSA) is 124 Å². The molecule has 2 aliphatic rings. The minimum absolute atomic E-state index is 0.247. The number of benzene rings is 1. The van der Waals surface area contributed by atoms with Gasteiger partial charge in [-0.3, -0.25) is 9.78 Å². The van der Waals surface area contributed by atoms with Crippen molar-refractivity contribution in [2.24, 2.45) is 5.92 Å². The molecular weight excluding hydrogens is 585 g/mol. The molecule has 2 unspecified atom stereocenters. The second kappa shape index (κ2) is 13.0. The second-order valence-electron chi connectivity index (χ2n) is 10.9. The largest absolute Gasteiger partial charge is 0.496 e. The number of piperidine rings is 1. The number of nitrogens with one attached hydrogen (secondary N) is 1. The highest BCUT2D eigenvalue weighted by Gasteiger charge is 2.35. The first-order chi connectivity index (χ1) is 20.5. The number of aliphatic hydroxyl groups is 1. The third-order valence-corrected chi connectivity index (χ3v) is 9.21. The van der Waals surface area contributed by atoms with Crippen LogP contribution in [0.15, 0.2) is 30.6 Å². The quantitative estimate of drug-likeness (QED) is 0.265. The number of alkyl halides is 3. The number of rotatable bonds is 10. The van der Waals surface area contributed by atoms with Gasteiger partial charge in [0.05, 0.1) is 36.7 Å². The van der Waals surface area contributed by atoms with E-state index in [-0.39, 0.29) is 17.4 Å². The summed E-state index contributed by atoms with van der Waals surface area (Å²) in [6.45, 7) is 5.00. The van der Waals surface area contributed by atoms with Crippen LogP contribution in [0, 0.1) is 5.92 Å². The average Bonchev–Trinajstić information content (AvgIpc) is 3.60. The zero-order chi connectivity index (χ0) is 30.7. The van der Waals surface area contributed by atoms with Crippen molar-refractivity contribution in [1.29, 1.82) is 0 Å². The van der Waals surface area contributed by atoms with E-state index in [0.717, 1.165) is 36.9 Å². The number of hydrogen-bond acceptors (Lipinski definition) is 10.